The molecule has 5 nitrogen and oxygen atoms in total. The molecule has 1 saturated heterocycles. The maximum atomic E-state index is 12.4. The van der Waals surface area contributed by atoms with E-state index in [0.29, 0.717) is 25.0 Å². The predicted molar refractivity (Wildman–Crippen MR) is 124 cm³/mol. The molecule has 0 unspecified atom stereocenters. The summed E-state index contributed by atoms with van der Waals surface area (Å²) in [5, 5.41) is 5.23. The molecule has 1 aliphatic rings. The molecule has 0 aliphatic carbocycles. The van der Waals surface area contributed by atoms with Gasteiger partial charge in [0.25, 0.3) is 5.91 Å². The number of nitrogens with one attached hydrogen (secondary N) is 2. The minimum Gasteiger partial charge on any atom is -0.370 e. The fourth-order valence-electron chi connectivity index (χ4n) is 4.18. The third-order valence-electron chi connectivity index (χ3n) is 6.21. The topological polar surface area (TPSA) is 59.4 Å². The summed E-state index contributed by atoms with van der Waals surface area (Å²) >= 11 is 0. The quantitative estimate of drug-likeness (QED) is 0.537. The Balaban J connectivity index is 1.44. The van der Waals surface area contributed by atoms with E-state index in [0.717, 1.165) is 44.8 Å². The van der Waals surface area contributed by atoms with Crippen LogP contribution in [-0.2, 0) is 29.0 Å². The Morgan fingerprint density at radius 3 is 2.23 bits per heavy atom. The molecule has 3 rings (SSSR count). The number of carbonyl (C=O) groups excluding carboxylic acids is 1. The number of morpholine rings is 1. The molecule has 1 heterocycles. The van der Waals surface area contributed by atoms with Crippen molar-refractivity contribution in [2.24, 2.45) is 5.92 Å². The summed E-state index contributed by atoms with van der Waals surface area (Å²) in [7, 11) is 0. The molecular formula is C26H39N3O2+2. The molecule has 0 radical (unpaired) electrons. The van der Waals surface area contributed by atoms with E-state index < -0.39 is 0 Å². The van der Waals surface area contributed by atoms with Crippen LogP contribution in [0.1, 0.15) is 49.1 Å². The summed E-state index contributed by atoms with van der Waals surface area (Å²) in [6.07, 6.45) is 1.05. The van der Waals surface area contributed by atoms with Gasteiger partial charge in [-0.1, -0.05) is 69.3 Å². The summed E-state index contributed by atoms with van der Waals surface area (Å²) in [6.45, 7) is 12.5. The van der Waals surface area contributed by atoms with Gasteiger partial charge in [0.05, 0.1) is 13.2 Å². The molecule has 1 aliphatic heterocycles. The van der Waals surface area contributed by atoms with Gasteiger partial charge in [-0.25, -0.2) is 0 Å². The van der Waals surface area contributed by atoms with Crippen LogP contribution in [-0.4, -0.2) is 38.8 Å². The molecule has 0 spiro atoms. The lowest BCUT2D eigenvalue weighted by Gasteiger charge is -2.23. The minimum atomic E-state index is 0.0812. The summed E-state index contributed by atoms with van der Waals surface area (Å²) < 4.78 is 5.43. The highest BCUT2D eigenvalue weighted by atomic mass is 16.5. The second-order valence-electron chi connectivity index (χ2n) is 8.94. The Kier molecular flexibility index (Phi) is 9.07. The molecule has 0 aromatic heterocycles. The molecule has 2 aromatic rings. The molecule has 1 fully saturated rings. The summed E-state index contributed by atoms with van der Waals surface area (Å²) in [6, 6.07) is 17.7. The van der Waals surface area contributed by atoms with Crippen molar-refractivity contribution in [2.75, 3.05) is 32.8 Å². The van der Waals surface area contributed by atoms with E-state index in [-0.39, 0.29) is 5.91 Å². The van der Waals surface area contributed by atoms with E-state index in [1.165, 1.54) is 16.7 Å². The van der Waals surface area contributed by atoms with Crippen LogP contribution in [0, 0.1) is 5.92 Å². The van der Waals surface area contributed by atoms with Crippen LogP contribution in [0.25, 0.3) is 0 Å². The second kappa shape index (κ2) is 12.0. The summed E-state index contributed by atoms with van der Waals surface area (Å²) in [4.78, 5) is 14.0. The summed E-state index contributed by atoms with van der Waals surface area (Å²) in [5.74, 6) is 0.541. The van der Waals surface area contributed by atoms with Gasteiger partial charge >= 0.3 is 0 Å². The first-order chi connectivity index (χ1) is 15.0. The second-order valence-corrected chi connectivity index (χ2v) is 8.94. The Labute approximate surface area is 187 Å². The Morgan fingerprint density at radius 1 is 1.00 bits per heavy atom. The maximum Gasteiger partial charge on any atom is 0.275 e. The zero-order chi connectivity index (χ0) is 22.1. The molecule has 2 aromatic carbocycles. The van der Waals surface area contributed by atoms with E-state index >= 15 is 0 Å². The maximum absolute atomic E-state index is 12.4. The zero-order valence-electron chi connectivity index (χ0n) is 19.3. The summed E-state index contributed by atoms with van der Waals surface area (Å²) in [5.41, 5.74) is 5.12. The largest absolute Gasteiger partial charge is 0.370 e. The average molecular weight is 426 g/mol. The van der Waals surface area contributed by atoms with E-state index in [1.54, 1.807) is 4.90 Å². The van der Waals surface area contributed by atoms with E-state index in [1.807, 2.05) is 0 Å². The fraction of sp³-hybridized carbons (Fsp3) is 0.500. The lowest BCUT2D eigenvalue weighted by Crippen LogP contribution is -3.12. The lowest BCUT2D eigenvalue weighted by atomic mass is 9.95. The van der Waals surface area contributed by atoms with Crippen LogP contribution in [0.5, 0.6) is 0 Å². The van der Waals surface area contributed by atoms with E-state index in [9.17, 15) is 4.79 Å². The van der Waals surface area contributed by atoms with E-state index in [4.69, 9.17) is 4.74 Å². The highest BCUT2D eigenvalue weighted by Crippen LogP contribution is 2.18. The zero-order valence-corrected chi connectivity index (χ0v) is 19.3. The molecular weight excluding hydrogens is 386 g/mol. The van der Waals surface area contributed by atoms with Gasteiger partial charge in [0.15, 0.2) is 6.54 Å². The van der Waals surface area contributed by atoms with Crippen molar-refractivity contribution in [3.63, 3.8) is 0 Å². The van der Waals surface area contributed by atoms with Crippen LogP contribution < -0.4 is 15.5 Å². The minimum absolute atomic E-state index is 0.0812. The van der Waals surface area contributed by atoms with Crippen molar-refractivity contribution in [1.29, 1.82) is 0 Å². The van der Waals surface area contributed by atoms with Crippen molar-refractivity contribution in [3.8, 4) is 0 Å². The van der Waals surface area contributed by atoms with Crippen molar-refractivity contribution in [2.45, 2.75) is 46.3 Å². The highest BCUT2D eigenvalue weighted by molar-refractivity contribution is 5.76. The van der Waals surface area contributed by atoms with Gasteiger partial charge in [0.2, 0.25) is 0 Å². The first kappa shape index (κ1) is 23.5. The van der Waals surface area contributed by atoms with Crippen molar-refractivity contribution >= 4 is 5.91 Å². The number of carbonyl (C=O) groups is 1. The molecule has 0 bridgehead atoms. The lowest BCUT2D eigenvalue weighted by molar-refractivity contribution is -0.921. The van der Waals surface area contributed by atoms with Gasteiger partial charge in [0, 0.05) is 23.6 Å². The van der Waals surface area contributed by atoms with Gasteiger partial charge in [-0.3, -0.25) is 4.79 Å². The number of hydrogen-bond donors (Lipinski definition) is 3. The van der Waals surface area contributed by atoms with Crippen molar-refractivity contribution in [3.05, 3.63) is 70.8 Å². The average Bonchev–Trinajstić information content (AvgIpc) is 2.79. The predicted octanol–water partition coefficient (Wildman–Crippen LogP) is 1.24. The highest BCUT2D eigenvalue weighted by Gasteiger charge is 2.20. The third-order valence-corrected chi connectivity index (χ3v) is 6.21. The van der Waals surface area contributed by atoms with Crippen LogP contribution in [0.4, 0.5) is 0 Å². The van der Waals surface area contributed by atoms with Crippen molar-refractivity contribution < 1.29 is 19.7 Å². The number of nitrogens with two attached hydrogens (primary N) is 1. The number of quaternary nitrogens is 2. The van der Waals surface area contributed by atoms with Gasteiger partial charge in [-0.05, 0) is 17.5 Å². The van der Waals surface area contributed by atoms with Crippen LogP contribution >= 0.6 is 0 Å². The van der Waals surface area contributed by atoms with Crippen LogP contribution in [0.3, 0.4) is 0 Å². The first-order valence-electron chi connectivity index (χ1n) is 11.7. The molecule has 5 heteroatoms. The Morgan fingerprint density at radius 2 is 1.61 bits per heavy atom. The van der Waals surface area contributed by atoms with Gasteiger partial charge < -0.3 is 20.3 Å². The van der Waals surface area contributed by atoms with Crippen molar-refractivity contribution in [1.82, 2.24) is 5.32 Å². The Bertz CT molecular complexity index is 796. The van der Waals surface area contributed by atoms with Gasteiger partial charge in [-0.15, -0.1) is 0 Å². The number of hydrogen-bond acceptors (Lipinski definition) is 2. The normalized spacial score (nSPS) is 15.7. The molecule has 168 valence electrons. The standard InChI is InChI=1S/C26H37N3O2/c1-4-21-9-11-24(12-10-21)26(20(2)3)28-18-25(30)27-17-22-5-7-23(8-6-22)19-29-13-15-31-16-14-29/h5-12,20,26,28H,4,13-19H2,1-3H3,(H,27,30)/p+2/t26-/m0/s1. The van der Waals surface area contributed by atoms with Gasteiger partial charge in [0.1, 0.15) is 25.7 Å². The first-order valence-corrected chi connectivity index (χ1v) is 11.7. The number of aryl methyl sites for hydroxylation is 1. The van der Waals surface area contributed by atoms with E-state index in [2.05, 4.69) is 79.9 Å². The number of benzene rings is 2. The molecule has 31 heavy (non-hydrogen) atoms. The SMILES string of the molecule is CCc1ccc([C@@H]([NH2+]CC(=O)NCc2ccc(C[NH+]3CCOCC3)cc2)C(C)C)cc1. The molecule has 4 N–H and O–H groups in total. The Hall–Kier alpha value is -2.21. The third kappa shape index (κ3) is 7.46. The number of ether oxygens (including phenoxy) is 1. The van der Waals surface area contributed by atoms with Crippen LogP contribution in [0.2, 0.25) is 0 Å². The van der Waals surface area contributed by atoms with Crippen LogP contribution in [0.15, 0.2) is 48.5 Å². The monoisotopic (exact) mass is 425 g/mol. The number of rotatable bonds is 10. The fourth-order valence-corrected chi connectivity index (χ4v) is 4.18. The molecule has 1 atom stereocenters. The number of amides is 1. The van der Waals surface area contributed by atoms with Gasteiger partial charge in [-0.2, -0.15) is 0 Å². The molecule has 0 saturated carbocycles. The smallest absolute Gasteiger partial charge is 0.275 e. The molecule has 1 amide bonds.